The molecule has 0 aliphatic heterocycles. The van der Waals surface area contributed by atoms with E-state index in [1.807, 2.05) is 0 Å². The second-order valence-electron chi connectivity index (χ2n) is 5.69. The fourth-order valence-corrected chi connectivity index (χ4v) is 3.17. The molecule has 0 unspecified atom stereocenters. The molecule has 0 aromatic heterocycles. The van der Waals surface area contributed by atoms with Crippen LogP contribution in [0.3, 0.4) is 0 Å². The maximum atomic E-state index is 12.1. The fourth-order valence-electron chi connectivity index (χ4n) is 2.44. The van der Waals surface area contributed by atoms with E-state index in [4.69, 9.17) is 0 Å². The number of benzene rings is 2. The fraction of sp³-hybridized carbons (Fsp3) is 0.350. The quantitative estimate of drug-likeness (QED) is 0.757. The molecule has 2 aromatic carbocycles. The molecule has 1 N–H and O–H groups in total. The molecule has 1 amide bonds. The van der Waals surface area contributed by atoms with Gasteiger partial charge in [-0.3, -0.25) is 4.79 Å². The summed E-state index contributed by atoms with van der Waals surface area (Å²) in [4.78, 5) is 13.2. The minimum atomic E-state index is 0.0829. The van der Waals surface area contributed by atoms with Crippen molar-refractivity contribution >= 4 is 17.7 Å². The van der Waals surface area contributed by atoms with Gasteiger partial charge in [-0.15, -0.1) is 11.8 Å². The highest BCUT2D eigenvalue weighted by Crippen LogP contribution is 2.18. The second-order valence-corrected chi connectivity index (χ2v) is 6.74. The molecular weight excluding hydrogens is 302 g/mol. The highest BCUT2D eigenvalue weighted by atomic mass is 32.2. The van der Waals surface area contributed by atoms with Gasteiger partial charge < -0.3 is 5.32 Å². The van der Waals surface area contributed by atoms with Gasteiger partial charge in [-0.25, -0.2) is 0 Å². The van der Waals surface area contributed by atoms with Crippen LogP contribution in [0.15, 0.2) is 47.4 Å². The molecule has 2 rings (SSSR count). The van der Waals surface area contributed by atoms with Crippen LogP contribution in [0.2, 0.25) is 0 Å². The van der Waals surface area contributed by atoms with Crippen LogP contribution in [0.5, 0.6) is 0 Å². The third-order valence-electron chi connectivity index (χ3n) is 3.93. The largest absolute Gasteiger partial charge is 0.351 e. The maximum Gasteiger partial charge on any atom is 0.230 e. The third kappa shape index (κ3) is 5.43. The van der Waals surface area contributed by atoms with Crippen LogP contribution in [0.25, 0.3) is 0 Å². The Kier molecular flexibility index (Phi) is 6.72. The molecule has 122 valence electrons. The molecule has 0 aliphatic carbocycles. The maximum absolute atomic E-state index is 12.1. The molecule has 23 heavy (non-hydrogen) atoms. The van der Waals surface area contributed by atoms with Gasteiger partial charge in [0.1, 0.15) is 0 Å². The van der Waals surface area contributed by atoms with Crippen molar-refractivity contribution in [1.29, 1.82) is 0 Å². The Morgan fingerprint density at radius 1 is 1.00 bits per heavy atom. The number of thioether (sulfide) groups is 1. The van der Waals surface area contributed by atoms with E-state index in [-0.39, 0.29) is 5.91 Å². The molecule has 0 heterocycles. The van der Waals surface area contributed by atoms with Gasteiger partial charge in [0.05, 0.1) is 5.75 Å². The molecule has 0 aliphatic rings. The zero-order chi connectivity index (χ0) is 16.7. The highest BCUT2D eigenvalue weighted by Gasteiger charge is 2.06. The van der Waals surface area contributed by atoms with Crippen LogP contribution in [0, 0.1) is 6.92 Å². The average Bonchev–Trinajstić information content (AvgIpc) is 2.59. The average molecular weight is 327 g/mol. The van der Waals surface area contributed by atoms with E-state index in [0.29, 0.717) is 12.3 Å². The molecule has 0 spiro atoms. The molecule has 0 saturated heterocycles. The molecule has 2 aromatic rings. The lowest BCUT2D eigenvalue weighted by Crippen LogP contribution is -2.25. The summed E-state index contributed by atoms with van der Waals surface area (Å²) in [6, 6.07) is 14.8. The minimum absolute atomic E-state index is 0.0829. The Labute approximate surface area is 143 Å². The summed E-state index contributed by atoms with van der Waals surface area (Å²) < 4.78 is 0. The number of carbonyl (C=O) groups is 1. The lowest BCUT2D eigenvalue weighted by Gasteiger charge is -2.11. The Balaban J connectivity index is 1.87. The molecular formula is C20H25NOS. The normalized spacial score (nSPS) is 10.6. The third-order valence-corrected chi connectivity index (χ3v) is 4.94. The summed E-state index contributed by atoms with van der Waals surface area (Å²) in [5.41, 5.74) is 5.11. The standard InChI is InChI=1S/C20H25NOS/c1-4-16-8-9-17(5-2)18(12-16)13-21-20(22)14-23-19-10-6-15(3)7-11-19/h6-12H,4-5,13-14H2,1-3H3,(H,21,22). The molecule has 3 heteroatoms. The van der Waals surface area contributed by atoms with Crippen LogP contribution in [0.4, 0.5) is 0 Å². The number of rotatable bonds is 7. The lowest BCUT2D eigenvalue weighted by atomic mass is 10.0. The van der Waals surface area contributed by atoms with Crippen molar-refractivity contribution in [2.75, 3.05) is 5.75 Å². The zero-order valence-corrected chi connectivity index (χ0v) is 15.0. The summed E-state index contributed by atoms with van der Waals surface area (Å²) in [5.74, 6) is 0.539. The van der Waals surface area contributed by atoms with E-state index in [2.05, 4.69) is 68.6 Å². The van der Waals surface area contributed by atoms with Gasteiger partial charge in [0, 0.05) is 11.4 Å². The van der Waals surface area contributed by atoms with Crippen molar-refractivity contribution in [3.8, 4) is 0 Å². The first kappa shape index (κ1) is 17.6. The first-order valence-electron chi connectivity index (χ1n) is 8.19. The van der Waals surface area contributed by atoms with E-state index in [1.54, 1.807) is 11.8 Å². The number of amides is 1. The van der Waals surface area contributed by atoms with E-state index in [1.165, 1.54) is 22.3 Å². The predicted molar refractivity (Wildman–Crippen MR) is 98.9 cm³/mol. The molecule has 0 radical (unpaired) electrons. The van der Waals surface area contributed by atoms with Crippen molar-refractivity contribution < 1.29 is 4.79 Å². The number of hydrogen-bond donors (Lipinski definition) is 1. The molecule has 0 saturated carbocycles. The van der Waals surface area contributed by atoms with E-state index >= 15 is 0 Å². The number of hydrogen-bond acceptors (Lipinski definition) is 2. The SMILES string of the molecule is CCc1ccc(CC)c(CNC(=O)CSc2ccc(C)cc2)c1. The number of aryl methyl sites for hydroxylation is 3. The van der Waals surface area contributed by atoms with Gasteiger partial charge in [-0.05, 0) is 48.6 Å². The number of nitrogens with one attached hydrogen (secondary N) is 1. The van der Waals surface area contributed by atoms with Crippen LogP contribution in [0.1, 0.15) is 36.1 Å². The topological polar surface area (TPSA) is 29.1 Å². The first-order valence-corrected chi connectivity index (χ1v) is 9.17. The molecule has 0 fully saturated rings. The summed E-state index contributed by atoms with van der Waals surface area (Å²) in [7, 11) is 0. The van der Waals surface area contributed by atoms with Gasteiger partial charge in [-0.1, -0.05) is 49.7 Å². The molecule has 0 bridgehead atoms. The number of carbonyl (C=O) groups excluding carboxylic acids is 1. The second kappa shape index (κ2) is 8.78. The summed E-state index contributed by atoms with van der Waals surface area (Å²) in [6.45, 7) is 6.99. The molecule has 0 atom stereocenters. The van der Waals surface area contributed by atoms with Crippen LogP contribution in [-0.4, -0.2) is 11.7 Å². The van der Waals surface area contributed by atoms with Crippen molar-refractivity contribution in [3.63, 3.8) is 0 Å². The van der Waals surface area contributed by atoms with Crippen molar-refractivity contribution in [2.45, 2.75) is 45.1 Å². The van der Waals surface area contributed by atoms with E-state index in [9.17, 15) is 4.79 Å². The van der Waals surface area contributed by atoms with Crippen LogP contribution in [-0.2, 0) is 24.2 Å². The Hall–Kier alpha value is -1.74. The summed E-state index contributed by atoms with van der Waals surface area (Å²) in [6.07, 6.45) is 2.02. The van der Waals surface area contributed by atoms with Gasteiger partial charge >= 0.3 is 0 Å². The van der Waals surface area contributed by atoms with Crippen molar-refractivity contribution in [2.24, 2.45) is 0 Å². The van der Waals surface area contributed by atoms with Gasteiger partial charge in [0.15, 0.2) is 0 Å². The zero-order valence-electron chi connectivity index (χ0n) is 14.2. The smallest absolute Gasteiger partial charge is 0.230 e. The minimum Gasteiger partial charge on any atom is -0.351 e. The lowest BCUT2D eigenvalue weighted by molar-refractivity contribution is -0.118. The van der Waals surface area contributed by atoms with E-state index in [0.717, 1.165) is 17.7 Å². The Morgan fingerprint density at radius 2 is 1.74 bits per heavy atom. The van der Waals surface area contributed by atoms with Gasteiger partial charge in [-0.2, -0.15) is 0 Å². The highest BCUT2D eigenvalue weighted by molar-refractivity contribution is 8.00. The van der Waals surface area contributed by atoms with Gasteiger partial charge in [0.25, 0.3) is 0 Å². The summed E-state index contributed by atoms with van der Waals surface area (Å²) >= 11 is 1.58. The molecule has 2 nitrogen and oxygen atoms in total. The first-order chi connectivity index (χ1) is 11.1. The van der Waals surface area contributed by atoms with Crippen molar-refractivity contribution in [1.82, 2.24) is 5.32 Å². The summed E-state index contributed by atoms with van der Waals surface area (Å²) in [5, 5.41) is 3.05. The monoisotopic (exact) mass is 327 g/mol. The van der Waals surface area contributed by atoms with Crippen molar-refractivity contribution in [3.05, 3.63) is 64.7 Å². The van der Waals surface area contributed by atoms with Gasteiger partial charge in [0.2, 0.25) is 5.91 Å². The predicted octanol–water partition coefficient (Wildman–Crippen LogP) is 4.53. The van der Waals surface area contributed by atoms with E-state index < -0.39 is 0 Å². The van der Waals surface area contributed by atoms with Crippen LogP contribution >= 0.6 is 11.8 Å². The Morgan fingerprint density at radius 3 is 2.39 bits per heavy atom. The van der Waals surface area contributed by atoms with Crippen LogP contribution < -0.4 is 5.32 Å². The Bertz CT molecular complexity index is 649.